The number of benzene rings is 2. The fourth-order valence-corrected chi connectivity index (χ4v) is 3.46. The van der Waals surface area contributed by atoms with Crippen LogP contribution in [0.5, 0.6) is 0 Å². The van der Waals surface area contributed by atoms with Crippen LogP contribution in [0.2, 0.25) is 0 Å². The van der Waals surface area contributed by atoms with Crippen LogP contribution in [0.25, 0.3) is 0 Å². The molecular weight excluding hydrogens is 438 g/mol. The minimum atomic E-state index is -4.29. The number of oxime groups is 1. The van der Waals surface area contributed by atoms with Crippen molar-refractivity contribution in [3.63, 3.8) is 0 Å². The van der Waals surface area contributed by atoms with Gasteiger partial charge in [0, 0.05) is 30.7 Å². The summed E-state index contributed by atoms with van der Waals surface area (Å²) in [6, 6.07) is 12.8. The normalized spacial score (nSPS) is 11.8. The average Bonchev–Trinajstić information content (AvgIpc) is 3.07. The fraction of sp³-hybridized carbons (Fsp3) is 0.150. The first-order valence-corrected chi connectivity index (χ1v) is 10.7. The number of nitro groups is 1. The Morgan fingerprint density at radius 3 is 2.47 bits per heavy atom. The van der Waals surface area contributed by atoms with Gasteiger partial charge in [0.2, 0.25) is 11.7 Å². The fourth-order valence-electron chi connectivity index (χ4n) is 2.73. The van der Waals surface area contributed by atoms with Gasteiger partial charge in [-0.2, -0.15) is 18.2 Å². The zero-order valence-electron chi connectivity index (χ0n) is 17.3. The molecule has 11 nitrogen and oxygen atoms in total. The number of hydrogen-bond acceptors (Lipinski definition) is 8. The molecule has 0 radical (unpaired) electrons. The molecule has 0 fully saturated rings. The molecular formula is C20H19N5O6S. The van der Waals surface area contributed by atoms with Crippen molar-refractivity contribution in [1.29, 1.82) is 0 Å². The minimum absolute atomic E-state index is 0.121. The molecule has 0 saturated heterocycles. The molecule has 3 aromatic rings. The van der Waals surface area contributed by atoms with Gasteiger partial charge in [-0.05, 0) is 31.1 Å². The Kier molecular flexibility index (Phi) is 6.35. The van der Waals surface area contributed by atoms with E-state index in [1.807, 2.05) is 0 Å². The summed E-state index contributed by atoms with van der Waals surface area (Å²) in [5.74, 6) is -0.407. The summed E-state index contributed by atoms with van der Waals surface area (Å²) in [4.78, 5) is 22.1. The Bertz CT molecular complexity index is 1310. The molecule has 12 heteroatoms. The second-order valence-electron chi connectivity index (χ2n) is 6.83. The third kappa shape index (κ3) is 5.16. The third-order valence-corrected chi connectivity index (χ3v) is 5.30. The van der Waals surface area contributed by atoms with Crippen molar-refractivity contribution in [2.75, 3.05) is 5.32 Å². The van der Waals surface area contributed by atoms with Crippen molar-refractivity contribution < 1.29 is 22.4 Å². The molecule has 0 saturated carbocycles. The number of carbonyl (C=O) groups is 1. The van der Waals surface area contributed by atoms with Gasteiger partial charge in [-0.25, -0.2) is 0 Å². The van der Waals surface area contributed by atoms with Crippen LogP contribution in [0.15, 0.2) is 64.6 Å². The van der Waals surface area contributed by atoms with Gasteiger partial charge in [0.05, 0.1) is 10.6 Å². The maximum absolute atomic E-state index is 12.6. The molecule has 1 aromatic heterocycles. The number of anilines is 1. The number of amides is 1. The first-order chi connectivity index (χ1) is 15.1. The lowest BCUT2D eigenvalue weighted by Crippen LogP contribution is -2.21. The second kappa shape index (κ2) is 8.98. The molecule has 0 aliphatic heterocycles. The molecule has 0 aliphatic rings. The Balaban J connectivity index is 2.13. The van der Waals surface area contributed by atoms with Gasteiger partial charge in [0.25, 0.3) is 5.69 Å². The molecule has 2 aromatic carbocycles. The van der Waals surface area contributed by atoms with E-state index in [9.17, 15) is 23.3 Å². The van der Waals surface area contributed by atoms with Gasteiger partial charge < -0.3 is 5.32 Å². The van der Waals surface area contributed by atoms with Crippen molar-refractivity contribution in [2.45, 2.75) is 25.7 Å². The van der Waals surface area contributed by atoms with E-state index in [-0.39, 0.29) is 27.8 Å². The van der Waals surface area contributed by atoms with Crippen LogP contribution in [0, 0.1) is 24.0 Å². The molecule has 0 atom stereocenters. The number of aryl methyl sites for hydroxylation is 2. The van der Waals surface area contributed by atoms with Gasteiger partial charge >= 0.3 is 10.1 Å². The van der Waals surface area contributed by atoms with Gasteiger partial charge in [-0.1, -0.05) is 29.8 Å². The lowest BCUT2D eigenvalue weighted by Gasteiger charge is -2.11. The highest BCUT2D eigenvalue weighted by atomic mass is 32.2. The second-order valence-corrected chi connectivity index (χ2v) is 8.36. The largest absolute Gasteiger partial charge is 0.358 e. The predicted molar refractivity (Wildman–Crippen MR) is 116 cm³/mol. The predicted octanol–water partition coefficient (Wildman–Crippen LogP) is 2.98. The first-order valence-electron chi connectivity index (χ1n) is 9.24. The maximum Gasteiger partial charge on any atom is 0.358 e. The van der Waals surface area contributed by atoms with Gasteiger partial charge in [0.1, 0.15) is 10.7 Å². The SMILES string of the molecule is CC(=O)Nc1cc(C)nn1/C(=N/OS(=O)(=O)c1ccc(C)cc1)c1cccc([N+](=O)[O-])c1. The first kappa shape index (κ1) is 22.6. The molecule has 3 rings (SSSR count). The standard InChI is InChI=1S/C20H19N5O6S/c1-13-7-9-18(10-8-13)32(29,30)31-23-20(16-5-4-6-17(12-16)25(27)28)24-19(21-15(3)26)11-14(2)22-24/h4-12H,1-3H3,(H,21,26)/b23-20+. The van der Waals surface area contributed by atoms with Crippen LogP contribution in [-0.2, 0) is 19.2 Å². The number of hydrogen-bond donors (Lipinski definition) is 1. The lowest BCUT2D eigenvalue weighted by atomic mass is 10.2. The molecule has 0 spiro atoms. The summed E-state index contributed by atoms with van der Waals surface area (Å²) in [7, 11) is -4.29. The van der Waals surface area contributed by atoms with Crippen molar-refractivity contribution in [2.24, 2.45) is 5.16 Å². The van der Waals surface area contributed by atoms with Gasteiger partial charge in [-0.15, -0.1) is 0 Å². The zero-order chi connectivity index (χ0) is 23.5. The van der Waals surface area contributed by atoms with Gasteiger partial charge in [-0.3, -0.25) is 19.2 Å². The van der Waals surface area contributed by atoms with E-state index >= 15 is 0 Å². The number of carbonyl (C=O) groups excluding carboxylic acids is 1. The summed E-state index contributed by atoms with van der Waals surface area (Å²) in [6.07, 6.45) is 0. The molecule has 32 heavy (non-hydrogen) atoms. The van der Waals surface area contributed by atoms with E-state index in [1.165, 1.54) is 49.4 Å². The van der Waals surface area contributed by atoms with Crippen molar-refractivity contribution >= 4 is 33.4 Å². The number of aromatic nitrogens is 2. The van der Waals surface area contributed by atoms with Crippen LogP contribution >= 0.6 is 0 Å². The van der Waals surface area contributed by atoms with Crippen LogP contribution in [-0.4, -0.2) is 34.9 Å². The number of nitro benzene ring substituents is 1. The molecule has 0 unspecified atom stereocenters. The van der Waals surface area contributed by atoms with Gasteiger partial charge in [0.15, 0.2) is 0 Å². The number of non-ortho nitro benzene ring substituents is 1. The van der Waals surface area contributed by atoms with Crippen LogP contribution in [0.3, 0.4) is 0 Å². The topological polar surface area (TPSA) is 146 Å². The maximum atomic E-state index is 12.6. The summed E-state index contributed by atoms with van der Waals surface area (Å²) in [5.41, 5.74) is 1.24. The highest BCUT2D eigenvalue weighted by molar-refractivity contribution is 7.86. The van der Waals surface area contributed by atoms with E-state index < -0.39 is 20.9 Å². The molecule has 1 amide bonds. The summed E-state index contributed by atoms with van der Waals surface area (Å²) in [5, 5.41) is 21.8. The molecule has 166 valence electrons. The zero-order valence-corrected chi connectivity index (χ0v) is 18.2. The number of nitrogens with zero attached hydrogens (tertiary/aromatic N) is 4. The van der Waals surface area contributed by atoms with Crippen molar-refractivity contribution in [3.05, 3.63) is 81.5 Å². The summed E-state index contributed by atoms with van der Waals surface area (Å²) < 4.78 is 31.3. The molecule has 1 N–H and O–H groups in total. The van der Waals surface area contributed by atoms with E-state index in [0.29, 0.717) is 5.69 Å². The average molecular weight is 457 g/mol. The van der Waals surface area contributed by atoms with Crippen LogP contribution < -0.4 is 5.32 Å². The monoisotopic (exact) mass is 457 g/mol. The number of nitrogens with one attached hydrogen (secondary N) is 1. The Morgan fingerprint density at radius 1 is 1.16 bits per heavy atom. The number of rotatable bonds is 6. The quantitative estimate of drug-likeness (QED) is 0.259. The Labute approximate surface area is 183 Å². The Morgan fingerprint density at radius 2 is 1.84 bits per heavy atom. The lowest BCUT2D eigenvalue weighted by molar-refractivity contribution is -0.384. The highest BCUT2D eigenvalue weighted by Crippen LogP contribution is 2.20. The van der Waals surface area contributed by atoms with E-state index in [1.54, 1.807) is 26.0 Å². The highest BCUT2D eigenvalue weighted by Gasteiger charge is 2.21. The summed E-state index contributed by atoms with van der Waals surface area (Å²) >= 11 is 0. The molecule has 0 aliphatic carbocycles. The third-order valence-electron chi connectivity index (χ3n) is 4.18. The van der Waals surface area contributed by atoms with Crippen LogP contribution in [0.1, 0.15) is 23.7 Å². The van der Waals surface area contributed by atoms with Crippen LogP contribution in [0.4, 0.5) is 11.5 Å². The smallest absolute Gasteiger partial charge is 0.311 e. The molecule has 0 bridgehead atoms. The summed E-state index contributed by atoms with van der Waals surface area (Å²) in [6.45, 7) is 4.74. The minimum Gasteiger partial charge on any atom is -0.311 e. The molecule has 1 heterocycles. The van der Waals surface area contributed by atoms with E-state index in [0.717, 1.165) is 10.2 Å². The van der Waals surface area contributed by atoms with Crippen molar-refractivity contribution in [3.8, 4) is 0 Å². The van der Waals surface area contributed by atoms with E-state index in [4.69, 9.17) is 4.28 Å². The van der Waals surface area contributed by atoms with Crippen molar-refractivity contribution in [1.82, 2.24) is 9.78 Å². The Hall–Kier alpha value is -4.06. The van der Waals surface area contributed by atoms with E-state index in [2.05, 4.69) is 15.6 Å².